The maximum atomic E-state index is 14.0. The first-order chi connectivity index (χ1) is 24.2. The van der Waals surface area contributed by atoms with Crippen LogP contribution in [0.4, 0.5) is 5.69 Å². The molecule has 0 amide bonds. The molecule has 4 saturated carbocycles. The zero-order valence-electron chi connectivity index (χ0n) is 33.5. The van der Waals surface area contributed by atoms with E-state index in [2.05, 4.69) is 53.8 Å². The van der Waals surface area contributed by atoms with Crippen LogP contribution in [0.1, 0.15) is 127 Å². The minimum absolute atomic E-state index is 0.0213. The number of carbonyl (C=O) groups excluding carboxylic acids is 2. The van der Waals surface area contributed by atoms with Gasteiger partial charge in [-0.15, -0.1) is 0 Å². The number of carbonyl (C=O) groups is 3. The number of carboxylic acid groups (broad SMARTS) is 1. The lowest BCUT2D eigenvalue weighted by Gasteiger charge is -2.72. The fraction of sp³-hybridized carbons (Fsp3) is 0.750. The summed E-state index contributed by atoms with van der Waals surface area (Å²) in [6, 6.07) is 7.76. The molecule has 6 rings (SSSR count). The highest BCUT2D eigenvalue weighted by atomic mass is 16.5. The summed E-state index contributed by atoms with van der Waals surface area (Å²) in [5.41, 5.74) is 1.30. The maximum absolute atomic E-state index is 14.0. The van der Waals surface area contributed by atoms with Gasteiger partial charge in [-0.05, 0) is 135 Å². The second-order valence-corrected chi connectivity index (χ2v) is 19.7. The number of anilines is 1. The van der Waals surface area contributed by atoms with Crippen LogP contribution in [0.25, 0.3) is 0 Å². The number of allylic oxidation sites excluding steroid dienone is 1. The van der Waals surface area contributed by atoms with Crippen molar-refractivity contribution in [2.45, 2.75) is 139 Å². The third kappa shape index (κ3) is 5.83. The number of aliphatic hydroxyl groups excluding tert-OH is 1. The van der Waals surface area contributed by atoms with Crippen molar-refractivity contribution < 1.29 is 34.1 Å². The smallest absolute Gasteiger partial charge is 0.309 e. The van der Waals surface area contributed by atoms with E-state index in [1.165, 1.54) is 5.57 Å². The summed E-state index contributed by atoms with van der Waals surface area (Å²) >= 11 is 0. The van der Waals surface area contributed by atoms with Gasteiger partial charge < -0.3 is 25.0 Å². The molecule has 3 N–H and O–H groups in total. The summed E-state index contributed by atoms with van der Waals surface area (Å²) in [6.45, 7) is 20.0. The highest BCUT2D eigenvalue weighted by molar-refractivity contribution is 6.00. The summed E-state index contributed by atoms with van der Waals surface area (Å²) in [7, 11) is 1.65. The van der Waals surface area contributed by atoms with E-state index in [1.54, 1.807) is 21.0 Å². The van der Waals surface area contributed by atoms with Crippen LogP contribution in [0.15, 0.2) is 35.4 Å². The quantitative estimate of drug-likeness (QED) is 0.205. The predicted molar refractivity (Wildman–Crippen MR) is 203 cm³/mol. The van der Waals surface area contributed by atoms with Gasteiger partial charge in [-0.1, -0.05) is 54.0 Å². The number of ketones is 1. The number of aliphatic hydroxyl groups is 1. The predicted octanol–water partition coefficient (Wildman–Crippen LogP) is 8.86. The van der Waals surface area contributed by atoms with Crippen LogP contribution in [-0.2, 0) is 19.1 Å². The largest absolute Gasteiger partial charge is 0.497 e. The van der Waals surface area contributed by atoms with Gasteiger partial charge in [0.2, 0.25) is 0 Å². The Labute approximate surface area is 311 Å². The molecule has 5 aliphatic carbocycles. The molecule has 52 heavy (non-hydrogen) atoms. The molecular weight excluding hydrogens is 654 g/mol. The van der Waals surface area contributed by atoms with Crippen molar-refractivity contribution in [2.24, 2.45) is 56.2 Å². The molecule has 0 heterocycles. The van der Waals surface area contributed by atoms with Gasteiger partial charge in [-0.3, -0.25) is 14.4 Å². The lowest BCUT2D eigenvalue weighted by molar-refractivity contribution is -0.235. The lowest BCUT2D eigenvalue weighted by Crippen LogP contribution is -2.66. The van der Waals surface area contributed by atoms with Crippen molar-refractivity contribution in [1.82, 2.24) is 0 Å². The number of Topliss-reactive ketones (excluding diaryl/α,β-unsaturated/α-hetero) is 1. The van der Waals surface area contributed by atoms with Crippen molar-refractivity contribution in [3.63, 3.8) is 0 Å². The molecule has 0 bridgehead atoms. The molecule has 0 spiro atoms. The summed E-state index contributed by atoms with van der Waals surface area (Å²) in [5, 5.41) is 25.3. The van der Waals surface area contributed by atoms with Crippen LogP contribution < -0.4 is 10.1 Å². The molecule has 9 unspecified atom stereocenters. The number of rotatable bonds is 10. The molecule has 4 fully saturated rings. The monoisotopic (exact) mass is 719 g/mol. The average Bonchev–Trinajstić information content (AvgIpc) is 3.38. The molecule has 9 atom stereocenters. The van der Waals surface area contributed by atoms with Gasteiger partial charge in [0.05, 0.1) is 25.0 Å². The highest BCUT2D eigenvalue weighted by Gasteiger charge is 2.70. The number of methoxy groups -OCH3 is 1. The zero-order chi connectivity index (χ0) is 38.2. The molecule has 0 saturated heterocycles. The van der Waals surface area contributed by atoms with Crippen LogP contribution in [0.3, 0.4) is 0 Å². The third-order valence-corrected chi connectivity index (χ3v) is 16.1. The Bertz CT molecular complexity index is 1610. The molecule has 288 valence electrons. The normalized spacial score (nSPS) is 37.3. The molecular formula is C44H65NO7. The number of nitrogens with one attached hydrogen (secondary N) is 1. The van der Waals surface area contributed by atoms with E-state index < -0.39 is 28.9 Å². The number of carboxylic acids is 1. The summed E-state index contributed by atoms with van der Waals surface area (Å²) in [6.07, 6.45) is 7.08. The van der Waals surface area contributed by atoms with E-state index in [4.69, 9.17) is 9.47 Å². The van der Waals surface area contributed by atoms with Crippen molar-refractivity contribution in [3.05, 3.63) is 35.4 Å². The van der Waals surface area contributed by atoms with Gasteiger partial charge >= 0.3 is 11.9 Å². The van der Waals surface area contributed by atoms with Crippen LogP contribution >= 0.6 is 0 Å². The van der Waals surface area contributed by atoms with Gasteiger partial charge in [0.1, 0.15) is 11.9 Å². The first-order valence-electron chi connectivity index (χ1n) is 19.9. The fourth-order valence-corrected chi connectivity index (χ4v) is 13.0. The molecule has 0 aliphatic heterocycles. The number of ether oxygens (including phenoxy) is 2. The molecule has 0 aromatic heterocycles. The van der Waals surface area contributed by atoms with Crippen LogP contribution in [-0.4, -0.2) is 53.8 Å². The topological polar surface area (TPSA) is 122 Å². The Hall–Kier alpha value is -2.87. The van der Waals surface area contributed by atoms with Crippen molar-refractivity contribution in [2.75, 3.05) is 19.0 Å². The Morgan fingerprint density at radius 1 is 0.923 bits per heavy atom. The first kappa shape index (κ1) is 38.8. The number of hydrogen-bond donors (Lipinski definition) is 3. The van der Waals surface area contributed by atoms with Gasteiger partial charge in [-0.25, -0.2) is 0 Å². The van der Waals surface area contributed by atoms with E-state index in [9.17, 15) is 24.6 Å². The number of fused-ring (bicyclic) bond motifs is 7. The molecule has 8 nitrogen and oxygen atoms in total. The fourth-order valence-electron chi connectivity index (χ4n) is 13.0. The summed E-state index contributed by atoms with van der Waals surface area (Å²) in [5.74, 6) is 0.789. The SMILES string of the molecule is COc1ccc(NCC(O)C23CCC4(C)C(CCC5C6(C)CCC(OC(=O)CC(C)(C)C(=O)O)C(C)(C)C6CCC54C)C2=C(C(C)C)C(=O)C3)cc1. The highest BCUT2D eigenvalue weighted by Crippen LogP contribution is 2.77. The van der Waals surface area contributed by atoms with Gasteiger partial charge in [0.15, 0.2) is 5.78 Å². The molecule has 1 aromatic rings. The third-order valence-electron chi connectivity index (χ3n) is 16.1. The number of benzene rings is 1. The summed E-state index contributed by atoms with van der Waals surface area (Å²) < 4.78 is 11.5. The van der Waals surface area contributed by atoms with E-state index in [0.29, 0.717) is 24.8 Å². The maximum Gasteiger partial charge on any atom is 0.309 e. The Kier molecular flexibility index (Phi) is 9.83. The molecule has 0 radical (unpaired) electrons. The second kappa shape index (κ2) is 13.2. The van der Waals surface area contributed by atoms with E-state index >= 15 is 0 Å². The standard InChI is InChI=1S/C44H65NO7/c1-26(2)36-30(46)23-44(33(47)25-45-27-11-13-28(51-10)14-12-27)22-21-42(8)29(37(36)44)15-16-32-41(7)19-18-34(52-35(48)24-39(3,4)38(49)50)40(5,6)31(41)17-20-43(32,42)9/h11-14,26,29,31-34,45,47H,15-25H2,1-10H3,(H,49,50). The number of aliphatic carboxylic acids is 1. The molecule has 5 aliphatic rings. The van der Waals surface area contributed by atoms with Crippen molar-refractivity contribution in [3.8, 4) is 5.75 Å². The van der Waals surface area contributed by atoms with Crippen LogP contribution in [0.5, 0.6) is 5.75 Å². The van der Waals surface area contributed by atoms with Gasteiger partial charge in [-0.2, -0.15) is 0 Å². The van der Waals surface area contributed by atoms with E-state index in [-0.39, 0.29) is 51.8 Å². The van der Waals surface area contributed by atoms with Crippen LogP contribution in [0.2, 0.25) is 0 Å². The molecule has 1 aromatic carbocycles. The lowest BCUT2D eigenvalue weighted by atomic mass is 9.33. The second-order valence-electron chi connectivity index (χ2n) is 19.7. The average molecular weight is 720 g/mol. The first-order valence-corrected chi connectivity index (χ1v) is 19.9. The van der Waals surface area contributed by atoms with E-state index in [0.717, 1.165) is 68.4 Å². The van der Waals surface area contributed by atoms with Gasteiger partial charge in [0, 0.05) is 29.5 Å². The summed E-state index contributed by atoms with van der Waals surface area (Å²) in [4.78, 5) is 38.9. The minimum Gasteiger partial charge on any atom is -0.497 e. The Balaban J connectivity index is 1.27. The minimum atomic E-state index is -1.17. The van der Waals surface area contributed by atoms with Crippen LogP contribution in [0, 0.1) is 56.2 Å². The Morgan fingerprint density at radius 2 is 1.60 bits per heavy atom. The van der Waals surface area contributed by atoms with Crippen molar-refractivity contribution in [1.29, 1.82) is 0 Å². The van der Waals surface area contributed by atoms with Crippen molar-refractivity contribution >= 4 is 23.4 Å². The number of hydrogen-bond acceptors (Lipinski definition) is 7. The van der Waals surface area contributed by atoms with Gasteiger partial charge in [0.25, 0.3) is 0 Å². The Morgan fingerprint density at radius 3 is 2.21 bits per heavy atom. The molecule has 8 heteroatoms. The zero-order valence-corrected chi connectivity index (χ0v) is 33.5. The number of esters is 1. The van der Waals surface area contributed by atoms with E-state index in [1.807, 2.05) is 24.3 Å².